The third-order valence-electron chi connectivity index (χ3n) is 4.13. The molecule has 0 heterocycles. The van der Waals surface area contributed by atoms with Gasteiger partial charge in [-0.05, 0) is 48.6 Å². The first-order valence-electron chi connectivity index (χ1n) is 8.96. The van der Waals surface area contributed by atoms with Gasteiger partial charge < -0.3 is 5.11 Å². The second-order valence-electron chi connectivity index (χ2n) is 6.10. The molecule has 146 valence electrons. The van der Waals surface area contributed by atoms with E-state index in [-0.39, 0.29) is 11.5 Å². The first-order chi connectivity index (χ1) is 12.9. The molecule has 2 rings (SSSR count). The van der Waals surface area contributed by atoms with Gasteiger partial charge in [0.05, 0.1) is 18.8 Å². The van der Waals surface area contributed by atoms with E-state index in [2.05, 4.69) is 5.09 Å². The van der Waals surface area contributed by atoms with Gasteiger partial charge in [0.25, 0.3) is 0 Å². The maximum absolute atomic E-state index is 12.5. The van der Waals surface area contributed by atoms with E-state index in [1.807, 2.05) is 31.2 Å². The summed E-state index contributed by atoms with van der Waals surface area (Å²) in [6.45, 7) is 6.68. The van der Waals surface area contributed by atoms with Crippen LogP contribution in [0.4, 0.5) is 0 Å². The van der Waals surface area contributed by atoms with E-state index in [0.717, 1.165) is 16.7 Å². The highest BCUT2D eigenvalue weighted by atomic mass is 31.2. The topological polar surface area (TPSA) is 84.9 Å². The van der Waals surface area contributed by atoms with Crippen LogP contribution in [0.15, 0.2) is 48.5 Å². The zero-order chi connectivity index (χ0) is 19.9. The van der Waals surface area contributed by atoms with Crippen LogP contribution in [0, 0.1) is 0 Å². The number of carbonyl (C=O) groups is 1. The quantitative estimate of drug-likeness (QED) is 0.559. The van der Waals surface area contributed by atoms with Crippen molar-refractivity contribution < 1.29 is 23.5 Å². The molecule has 0 aliphatic rings. The molecule has 0 spiro atoms. The fraction of sp³-hybridized carbons (Fsp3) is 0.350. The summed E-state index contributed by atoms with van der Waals surface area (Å²) in [6, 6.07) is 14.8. The number of nitrogens with one attached hydrogen (secondary N) is 1. The summed E-state index contributed by atoms with van der Waals surface area (Å²) in [7, 11) is -3.26. The van der Waals surface area contributed by atoms with E-state index in [4.69, 9.17) is 14.2 Å². The normalized spacial score (nSPS) is 12.7. The van der Waals surface area contributed by atoms with Crippen molar-refractivity contribution in [3.8, 4) is 11.1 Å². The fourth-order valence-electron chi connectivity index (χ4n) is 2.64. The zero-order valence-corrected chi connectivity index (χ0v) is 16.7. The molecule has 0 radical (unpaired) electrons. The van der Waals surface area contributed by atoms with E-state index in [9.17, 15) is 9.36 Å². The van der Waals surface area contributed by atoms with Crippen molar-refractivity contribution in [1.82, 2.24) is 5.09 Å². The van der Waals surface area contributed by atoms with E-state index < -0.39 is 13.7 Å². The van der Waals surface area contributed by atoms with Gasteiger partial charge in [0.2, 0.25) is 0 Å². The summed E-state index contributed by atoms with van der Waals surface area (Å²) in [5.41, 5.74) is 3.32. The highest BCUT2D eigenvalue weighted by Crippen LogP contribution is 2.43. The SMILES string of the molecule is CCOP(=O)(NCC(C)c1ccc(-c2ccc(C(=O)O)cc2)cc1)OCC. The van der Waals surface area contributed by atoms with Crippen molar-refractivity contribution >= 4 is 13.7 Å². The van der Waals surface area contributed by atoms with Gasteiger partial charge >= 0.3 is 13.7 Å². The molecule has 2 aromatic rings. The Labute approximate surface area is 160 Å². The Balaban J connectivity index is 2.03. The second-order valence-corrected chi connectivity index (χ2v) is 7.93. The van der Waals surface area contributed by atoms with E-state index in [1.165, 1.54) is 0 Å². The molecule has 7 heteroatoms. The number of rotatable bonds is 10. The second kappa shape index (κ2) is 9.81. The van der Waals surface area contributed by atoms with Crippen molar-refractivity contribution in [2.75, 3.05) is 19.8 Å². The summed E-state index contributed by atoms with van der Waals surface area (Å²) >= 11 is 0. The Morgan fingerprint density at radius 2 is 1.48 bits per heavy atom. The zero-order valence-electron chi connectivity index (χ0n) is 15.8. The van der Waals surface area contributed by atoms with Crippen molar-refractivity contribution in [3.63, 3.8) is 0 Å². The van der Waals surface area contributed by atoms with Crippen LogP contribution in [0.3, 0.4) is 0 Å². The molecule has 0 amide bonds. The number of carboxylic acids is 1. The molecule has 0 saturated carbocycles. The molecule has 0 aliphatic carbocycles. The summed E-state index contributed by atoms with van der Waals surface area (Å²) in [5.74, 6) is -0.822. The molecule has 0 saturated heterocycles. The Morgan fingerprint density at radius 1 is 1.00 bits per heavy atom. The molecule has 0 fully saturated rings. The Hall–Kier alpha value is -1.98. The predicted molar refractivity (Wildman–Crippen MR) is 106 cm³/mol. The van der Waals surface area contributed by atoms with Gasteiger partial charge in [-0.15, -0.1) is 0 Å². The summed E-state index contributed by atoms with van der Waals surface area (Å²) in [5, 5.41) is 11.9. The van der Waals surface area contributed by atoms with Crippen LogP contribution in [0.2, 0.25) is 0 Å². The van der Waals surface area contributed by atoms with Crippen molar-refractivity contribution in [1.29, 1.82) is 0 Å². The van der Waals surface area contributed by atoms with Crippen LogP contribution >= 0.6 is 7.75 Å². The summed E-state index contributed by atoms with van der Waals surface area (Å²) < 4.78 is 22.9. The maximum Gasteiger partial charge on any atom is 0.405 e. The molecule has 2 N–H and O–H groups in total. The molecule has 6 nitrogen and oxygen atoms in total. The lowest BCUT2D eigenvalue weighted by Crippen LogP contribution is -2.20. The van der Waals surface area contributed by atoms with Gasteiger partial charge in [0, 0.05) is 6.54 Å². The smallest absolute Gasteiger partial charge is 0.405 e. The Bertz CT molecular complexity index is 779. The number of carboxylic acid groups (broad SMARTS) is 1. The first-order valence-corrected chi connectivity index (χ1v) is 10.5. The van der Waals surface area contributed by atoms with Crippen LogP contribution in [-0.2, 0) is 13.6 Å². The van der Waals surface area contributed by atoms with Crippen LogP contribution in [0.5, 0.6) is 0 Å². The Morgan fingerprint density at radius 3 is 1.93 bits per heavy atom. The van der Waals surface area contributed by atoms with Gasteiger partial charge in [-0.25, -0.2) is 14.4 Å². The molecule has 0 bridgehead atoms. The number of aromatic carboxylic acids is 1. The van der Waals surface area contributed by atoms with Gasteiger partial charge in [0.15, 0.2) is 0 Å². The molecule has 27 heavy (non-hydrogen) atoms. The average Bonchev–Trinajstić information content (AvgIpc) is 2.67. The van der Waals surface area contributed by atoms with Crippen LogP contribution in [-0.4, -0.2) is 30.8 Å². The van der Waals surface area contributed by atoms with Crippen molar-refractivity contribution in [2.24, 2.45) is 0 Å². The Kier molecular flexibility index (Phi) is 7.75. The molecule has 0 aromatic heterocycles. The third kappa shape index (κ3) is 6.01. The van der Waals surface area contributed by atoms with Gasteiger partial charge in [0.1, 0.15) is 0 Å². The molecular weight excluding hydrogens is 365 g/mol. The predicted octanol–water partition coefficient (Wildman–Crippen LogP) is 4.93. The lowest BCUT2D eigenvalue weighted by atomic mass is 9.97. The molecule has 2 aromatic carbocycles. The monoisotopic (exact) mass is 391 g/mol. The van der Waals surface area contributed by atoms with Crippen molar-refractivity contribution in [2.45, 2.75) is 26.7 Å². The maximum atomic E-state index is 12.5. The first kappa shape index (κ1) is 21.3. The van der Waals surface area contributed by atoms with Crippen molar-refractivity contribution in [3.05, 3.63) is 59.7 Å². The fourth-order valence-corrected chi connectivity index (χ4v) is 4.08. The largest absolute Gasteiger partial charge is 0.478 e. The van der Waals surface area contributed by atoms with Gasteiger partial charge in [-0.2, -0.15) is 0 Å². The number of hydrogen-bond acceptors (Lipinski definition) is 4. The van der Waals surface area contributed by atoms with E-state index in [1.54, 1.807) is 38.1 Å². The summed E-state index contributed by atoms with van der Waals surface area (Å²) in [6.07, 6.45) is 0. The summed E-state index contributed by atoms with van der Waals surface area (Å²) in [4.78, 5) is 10.9. The molecule has 0 aliphatic heterocycles. The van der Waals surface area contributed by atoms with Gasteiger partial charge in [-0.3, -0.25) is 9.05 Å². The third-order valence-corrected chi connectivity index (χ3v) is 5.90. The minimum absolute atomic E-state index is 0.114. The van der Waals surface area contributed by atoms with Crippen LogP contribution in [0.1, 0.15) is 42.6 Å². The molecule has 1 unspecified atom stereocenters. The molecular formula is C20H26NO5P. The minimum Gasteiger partial charge on any atom is -0.478 e. The van der Waals surface area contributed by atoms with E-state index >= 15 is 0 Å². The molecule has 1 atom stereocenters. The minimum atomic E-state index is -3.26. The highest BCUT2D eigenvalue weighted by molar-refractivity contribution is 7.51. The number of benzene rings is 2. The average molecular weight is 391 g/mol. The lowest BCUT2D eigenvalue weighted by Gasteiger charge is -2.20. The van der Waals surface area contributed by atoms with E-state index in [0.29, 0.717) is 19.8 Å². The highest BCUT2D eigenvalue weighted by Gasteiger charge is 2.23. The van der Waals surface area contributed by atoms with Gasteiger partial charge in [-0.1, -0.05) is 43.3 Å². The van der Waals surface area contributed by atoms with Crippen LogP contribution < -0.4 is 5.09 Å². The van der Waals surface area contributed by atoms with Crippen LogP contribution in [0.25, 0.3) is 11.1 Å². The number of hydrogen-bond donors (Lipinski definition) is 2. The standard InChI is InChI=1S/C20H26NO5P/c1-4-25-27(24,26-5-2)21-14-15(3)16-6-8-17(9-7-16)18-10-12-19(13-11-18)20(22)23/h6-13,15H,4-5,14H2,1-3H3,(H,21,24)(H,22,23). The lowest BCUT2D eigenvalue weighted by molar-refractivity contribution is 0.0697.